The lowest BCUT2D eigenvalue weighted by Crippen LogP contribution is -2.02. The monoisotopic (exact) mass is 319 g/mol. The molecule has 2 rings (SSSR count). The average Bonchev–Trinajstić information content (AvgIpc) is 2.40. The number of hydrogen-bond acceptors (Lipinski definition) is 2. The van der Waals surface area contributed by atoms with E-state index in [4.69, 9.17) is 0 Å². The second kappa shape index (κ2) is 6.34. The van der Waals surface area contributed by atoms with Gasteiger partial charge in [0.2, 0.25) is 0 Å². The summed E-state index contributed by atoms with van der Waals surface area (Å²) in [4.78, 5) is 0.0602. The molecule has 0 aliphatic heterocycles. The zero-order valence-electron chi connectivity index (χ0n) is 10.5. The molecule has 0 heterocycles. The third-order valence-corrected chi connectivity index (χ3v) is 3.32. The summed E-state index contributed by atoms with van der Waals surface area (Å²) in [5, 5.41) is 2.82. The molecule has 0 spiro atoms. The highest BCUT2D eigenvalue weighted by Gasteiger charge is 2.28. The van der Waals surface area contributed by atoms with Crippen molar-refractivity contribution in [3.05, 3.63) is 59.7 Å². The number of hydrogen-bond donors (Lipinski definition) is 1. The van der Waals surface area contributed by atoms with Gasteiger partial charge in [0.05, 0.1) is 0 Å². The van der Waals surface area contributed by atoms with Gasteiger partial charge in [0.15, 0.2) is 0 Å². The summed E-state index contributed by atoms with van der Waals surface area (Å²) in [6, 6.07) is 8.62. The van der Waals surface area contributed by atoms with Crippen molar-refractivity contribution in [2.45, 2.75) is 16.9 Å². The van der Waals surface area contributed by atoms with Crippen LogP contribution in [0.4, 0.5) is 27.6 Å². The van der Waals surface area contributed by atoms with Crippen LogP contribution in [0, 0.1) is 11.6 Å². The highest BCUT2D eigenvalue weighted by Crippen LogP contribution is 2.37. The van der Waals surface area contributed by atoms with Crippen molar-refractivity contribution in [3.8, 4) is 0 Å². The second-order valence-corrected chi connectivity index (χ2v) is 5.30. The van der Waals surface area contributed by atoms with Gasteiger partial charge < -0.3 is 5.32 Å². The van der Waals surface area contributed by atoms with Crippen LogP contribution in [-0.2, 0) is 6.54 Å². The third kappa shape index (κ3) is 4.93. The molecule has 0 amide bonds. The molecule has 0 atom stereocenters. The van der Waals surface area contributed by atoms with Gasteiger partial charge in [0.1, 0.15) is 11.6 Å². The van der Waals surface area contributed by atoms with Crippen molar-refractivity contribution in [3.63, 3.8) is 0 Å². The summed E-state index contributed by atoms with van der Waals surface area (Å²) in [6.45, 7) is 0.0371. The van der Waals surface area contributed by atoms with Crippen LogP contribution in [0.5, 0.6) is 0 Å². The first kappa shape index (κ1) is 15.6. The minimum absolute atomic E-state index is 0.0371. The van der Waals surface area contributed by atoms with Gasteiger partial charge in [-0.3, -0.25) is 0 Å². The lowest BCUT2D eigenvalue weighted by atomic mass is 10.2. The van der Waals surface area contributed by atoms with Crippen LogP contribution in [-0.4, -0.2) is 5.51 Å². The van der Waals surface area contributed by atoms with E-state index in [1.165, 1.54) is 24.3 Å². The van der Waals surface area contributed by atoms with Crippen LogP contribution in [0.1, 0.15) is 5.56 Å². The Morgan fingerprint density at radius 1 is 0.952 bits per heavy atom. The maximum absolute atomic E-state index is 13.4. The molecule has 0 fully saturated rings. The molecular weight excluding hydrogens is 309 g/mol. The van der Waals surface area contributed by atoms with E-state index < -0.39 is 17.1 Å². The summed E-state index contributed by atoms with van der Waals surface area (Å²) in [6.07, 6.45) is 0. The fourth-order valence-electron chi connectivity index (χ4n) is 1.65. The molecule has 1 nitrogen and oxygen atoms in total. The number of alkyl halides is 3. The predicted molar refractivity (Wildman–Crippen MR) is 72.0 cm³/mol. The number of halogens is 5. The number of thioether (sulfide) groups is 1. The molecule has 0 aromatic heterocycles. The largest absolute Gasteiger partial charge is 0.446 e. The Labute approximate surface area is 122 Å². The fraction of sp³-hybridized carbons (Fsp3) is 0.143. The molecule has 0 saturated heterocycles. The number of benzene rings is 2. The van der Waals surface area contributed by atoms with Gasteiger partial charge >= 0.3 is 5.51 Å². The number of nitrogens with one attached hydrogen (secondary N) is 1. The third-order valence-electron chi connectivity index (χ3n) is 2.58. The van der Waals surface area contributed by atoms with Crippen LogP contribution in [0.25, 0.3) is 0 Å². The molecule has 0 radical (unpaired) electrons. The van der Waals surface area contributed by atoms with E-state index in [1.54, 1.807) is 0 Å². The first-order valence-corrected chi connectivity index (χ1v) is 6.69. The first-order chi connectivity index (χ1) is 9.83. The van der Waals surface area contributed by atoms with Crippen molar-refractivity contribution in [1.82, 2.24) is 0 Å². The van der Waals surface area contributed by atoms with Crippen LogP contribution in [0.2, 0.25) is 0 Å². The Bertz CT molecular complexity index is 610. The lowest BCUT2D eigenvalue weighted by molar-refractivity contribution is -0.0328. The summed E-state index contributed by atoms with van der Waals surface area (Å²) < 4.78 is 62.9. The van der Waals surface area contributed by atoms with Gasteiger partial charge in [0, 0.05) is 22.7 Å². The molecule has 2 aromatic rings. The van der Waals surface area contributed by atoms with E-state index in [0.717, 1.165) is 18.2 Å². The highest BCUT2D eigenvalue weighted by molar-refractivity contribution is 8.00. The Hall–Kier alpha value is -1.76. The van der Waals surface area contributed by atoms with E-state index in [-0.39, 0.29) is 28.8 Å². The van der Waals surface area contributed by atoms with E-state index >= 15 is 0 Å². The van der Waals surface area contributed by atoms with Crippen molar-refractivity contribution in [1.29, 1.82) is 0 Å². The molecule has 7 heteroatoms. The van der Waals surface area contributed by atoms with Gasteiger partial charge in [-0.05, 0) is 54.2 Å². The SMILES string of the molecule is Fc1ccc(F)c(CNc2ccc(SC(F)(F)F)cc2)c1. The predicted octanol–water partition coefficient (Wildman–Crippen LogP) is 5.19. The van der Waals surface area contributed by atoms with Crippen LogP contribution in [0.3, 0.4) is 0 Å². The van der Waals surface area contributed by atoms with E-state index in [9.17, 15) is 22.0 Å². The standard InChI is InChI=1S/C14H10F5NS/c15-10-1-6-13(16)9(7-10)8-20-11-2-4-12(5-3-11)21-14(17,18)19/h1-7,20H,8H2. The molecule has 0 bridgehead atoms. The van der Waals surface area contributed by atoms with Crippen LogP contribution >= 0.6 is 11.8 Å². The molecule has 0 unspecified atom stereocenters. The second-order valence-electron chi connectivity index (χ2n) is 4.16. The van der Waals surface area contributed by atoms with Crippen molar-refractivity contribution in [2.75, 3.05) is 5.32 Å². The Morgan fingerprint density at radius 2 is 1.62 bits per heavy atom. The lowest BCUT2D eigenvalue weighted by Gasteiger charge is -2.09. The summed E-state index contributed by atoms with van der Waals surface area (Å²) in [7, 11) is 0. The normalized spacial score (nSPS) is 11.5. The summed E-state index contributed by atoms with van der Waals surface area (Å²) >= 11 is -0.209. The molecule has 0 aliphatic rings. The molecule has 0 aliphatic carbocycles. The highest BCUT2D eigenvalue weighted by atomic mass is 32.2. The zero-order chi connectivity index (χ0) is 15.5. The van der Waals surface area contributed by atoms with Crippen molar-refractivity contribution in [2.24, 2.45) is 0 Å². The molecule has 2 aromatic carbocycles. The molecule has 0 saturated carbocycles. The number of anilines is 1. The minimum Gasteiger partial charge on any atom is -0.381 e. The van der Waals surface area contributed by atoms with Crippen molar-refractivity contribution < 1.29 is 22.0 Å². The van der Waals surface area contributed by atoms with E-state index in [2.05, 4.69) is 5.32 Å². The quantitative estimate of drug-likeness (QED) is 0.615. The first-order valence-electron chi connectivity index (χ1n) is 5.87. The fourth-order valence-corrected chi connectivity index (χ4v) is 2.19. The Balaban J connectivity index is 1.99. The van der Waals surface area contributed by atoms with Gasteiger partial charge in [-0.2, -0.15) is 13.2 Å². The van der Waals surface area contributed by atoms with Crippen LogP contribution < -0.4 is 5.32 Å². The molecular formula is C14H10F5NS. The Kier molecular flexibility index (Phi) is 4.72. The maximum Gasteiger partial charge on any atom is 0.446 e. The zero-order valence-corrected chi connectivity index (χ0v) is 11.4. The van der Waals surface area contributed by atoms with Crippen molar-refractivity contribution >= 4 is 17.4 Å². The number of rotatable bonds is 4. The van der Waals surface area contributed by atoms with Gasteiger partial charge in [-0.25, -0.2) is 8.78 Å². The molecule has 112 valence electrons. The Morgan fingerprint density at radius 3 is 2.24 bits per heavy atom. The van der Waals surface area contributed by atoms with E-state index in [0.29, 0.717) is 5.69 Å². The van der Waals surface area contributed by atoms with Gasteiger partial charge in [-0.15, -0.1) is 0 Å². The van der Waals surface area contributed by atoms with E-state index in [1.807, 2.05) is 0 Å². The molecule has 21 heavy (non-hydrogen) atoms. The summed E-state index contributed by atoms with van der Waals surface area (Å²) in [5.74, 6) is -1.10. The average molecular weight is 319 g/mol. The minimum atomic E-state index is -4.33. The van der Waals surface area contributed by atoms with Gasteiger partial charge in [0.25, 0.3) is 0 Å². The summed E-state index contributed by atoms with van der Waals surface area (Å²) in [5.41, 5.74) is -3.67. The smallest absolute Gasteiger partial charge is 0.381 e. The van der Waals surface area contributed by atoms with Crippen LogP contribution in [0.15, 0.2) is 47.4 Å². The topological polar surface area (TPSA) is 12.0 Å². The maximum atomic E-state index is 13.4. The molecule has 1 N–H and O–H groups in total. The van der Waals surface area contributed by atoms with Gasteiger partial charge in [-0.1, -0.05) is 0 Å².